The Morgan fingerprint density at radius 1 is 1.22 bits per heavy atom. The van der Waals surface area contributed by atoms with E-state index in [2.05, 4.69) is 10.5 Å². The highest BCUT2D eigenvalue weighted by Crippen LogP contribution is 2.27. The number of benzene rings is 2. The zero-order valence-corrected chi connectivity index (χ0v) is 16.1. The number of carbonyl (C=O) groups excluding carboxylic acids is 1. The number of nitrogens with zero attached hydrogens (tertiary/aromatic N) is 3. The second-order valence-corrected chi connectivity index (χ2v) is 8.26. The number of nitrogen functional groups attached to an aromatic ring is 1. The molecule has 142 valence electrons. The van der Waals surface area contributed by atoms with Crippen molar-refractivity contribution in [2.24, 2.45) is 12.9 Å². The predicted molar refractivity (Wildman–Crippen MR) is 105 cm³/mol. The van der Waals surface area contributed by atoms with Crippen LogP contribution in [0.1, 0.15) is 21.6 Å². The van der Waals surface area contributed by atoms with Crippen molar-refractivity contribution in [2.45, 2.75) is 13.5 Å². The quantitative estimate of drug-likeness (QED) is 0.391. The van der Waals surface area contributed by atoms with Gasteiger partial charge in [-0.25, -0.2) is 14.3 Å². The predicted octanol–water partition coefficient (Wildman–Crippen LogP) is 1.45. The fourth-order valence-electron chi connectivity index (χ4n) is 2.99. The van der Waals surface area contributed by atoms with E-state index >= 15 is 0 Å². The molecule has 0 spiro atoms. The van der Waals surface area contributed by atoms with Gasteiger partial charge in [-0.2, -0.15) is 5.10 Å². The van der Waals surface area contributed by atoms with Crippen LogP contribution >= 0.6 is 0 Å². The van der Waals surface area contributed by atoms with Crippen LogP contribution < -0.4 is 15.6 Å². The highest BCUT2D eigenvalue weighted by molar-refractivity contribution is 7.92. The van der Waals surface area contributed by atoms with Gasteiger partial charge in [0.1, 0.15) is 0 Å². The van der Waals surface area contributed by atoms with Crippen LogP contribution in [0.15, 0.2) is 42.5 Å². The molecule has 1 amide bonds. The van der Waals surface area contributed by atoms with Crippen LogP contribution in [0.4, 0.5) is 5.69 Å². The number of amides is 1. The van der Waals surface area contributed by atoms with Crippen molar-refractivity contribution < 1.29 is 13.2 Å². The van der Waals surface area contributed by atoms with Crippen molar-refractivity contribution in [1.29, 1.82) is 0 Å². The fraction of sp³-hybridized carbons (Fsp3) is 0.222. The minimum absolute atomic E-state index is 0.147. The monoisotopic (exact) mass is 387 g/mol. The molecule has 0 bridgehead atoms. The van der Waals surface area contributed by atoms with Crippen LogP contribution in [0.3, 0.4) is 0 Å². The van der Waals surface area contributed by atoms with Crippen molar-refractivity contribution in [1.82, 2.24) is 15.2 Å². The molecule has 0 aliphatic carbocycles. The van der Waals surface area contributed by atoms with E-state index in [-0.39, 0.29) is 6.54 Å². The van der Waals surface area contributed by atoms with E-state index in [4.69, 9.17) is 5.84 Å². The van der Waals surface area contributed by atoms with Gasteiger partial charge in [-0.3, -0.25) is 19.2 Å². The van der Waals surface area contributed by atoms with Gasteiger partial charge in [-0.05, 0) is 42.8 Å². The maximum absolute atomic E-state index is 12.4. The largest absolute Gasteiger partial charge is 0.290 e. The molecule has 0 saturated heterocycles. The molecule has 3 rings (SSSR count). The topological polar surface area (TPSA) is 110 Å². The van der Waals surface area contributed by atoms with Gasteiger partial charge in [0.15, 0.2) is 0 Å². The zero-order valence-electron chi connectivity index (χ0n) is 15.3. The first-order valence-electron chi connectivity index (χ1n) is 8.21. The zero-order chi connectivity index (χ0) is 19.8. The highest BCUT2D eigenvalue weighted by Gasteiger charge is 2.19. The molecular formula is C18H21N5O3S. The van der Waals surface area contributed by atoms with Gasteiger partial charge in [0, 0.05) is 18.0 Å². The first kappa shape index (κ1) is 18.9. The lowest BCUT2D eigenvalue weighted by molar-refractivity contribution is 0.0953. The molecule has 0 saturated carbocycles. The number of sulfonamides is 1. The summed E-state index contributed by atoms with van der Waals surface area (Å²) in [4.78, 5) is 11.5. The Balaban J connectivity index is 1.98. The summed E-state index contributed by atoms with van der Waals surface area (Å²) in [6.45, 7) is 2.03. The van der Waals surface area contributed by atoms with Crippen molar-refractivity contribution >= 4 is 32.5 Å². The summed E-state index contributed by atoms with van der Waals surface area (Å²) in [5, 5.41) is 5.27. The number of fused-ring (bicyclic) bond motifs is 1. The number of carbonyl (C=O) groups is 1. The van der Waals surface area contributed by atoms with Crippen LogP contribution in [0, 0.1) is 6.92 Å². The molecule has 0 aliphatic rings. The summed E-state index contributed by atoms with van der Waals surface area (Å²) < 4.78 is 27.9. The molecule has 9 heteroatoms. The third-order valence-electron chi connectivity index (χ3n) is 4.38. The van der Waals surface area contributed by atoms with Gasteiger partial charge in [0.25, 0.3) is 5.91 Å². The Bertz CT molecular complexity index is 1100. The van der Waals surface area contributed by atoms with Crippen molar-refractivity contribution in [3.63, 3.8) is 0 Å². The van der Waals surface area contributed by atoms with Crippen LogP contribution in [-0.2, 0) is 23.6 Å². The number of hydrogen-bond acceptors (Lipinski definition) is 5. The van der Waals surface area contributed by atoms with Gasteiger partial charge < -0.3 is 0 Å². The molecule has 8 nitrogen and oxygen atoms in total. The SMILES string of the molecule is Cc1nn(C)c2ccc(N(Cc3ccc(C(=O)NN)cc3)S(C)(=O)=O)cc12. The smallest absolute Gasteiger partial charge is 0.265 e. The maximum atomic E-state index is 12.4. The normalized spacial score (nSPS) is 11.6. The molecule has 2 aromatic carbocycles. The molecule has 0 aliphatic heterocycles. The van der Waals surface area contributed by atoms with Gasteiger partial charge in [0.05, 0.1) is 29.7 Å². The molecule has 3 N–H and O–H groups in total. The summed E-state index contributed by atoms with van der Waals surface area (Å²) in [6, 6.07) is 12.1. The lowest BCUT2D eigenvalue weighted by atomic mass is 10.1. The summed E-state index contributed by atoms with van der Waals surface area (Å²) >= 11 is 0. The summed E-state index contributed by atoms with van der Waals surface area (Å²) in [5.74, 6) is 4.72. The highest BCUT2D eigenvalue weighted by atomic mass is 32.2. The molecule has 0 unspecified atom stereocenters. The summed E-state index contributed by atoms with van der Waals surface area (Å²) in [6.07, 6.45) is 1.17. The minimum atomic E-state index is -3.52. The van der Waals surface area contributed by atoms with Crippen molar-refractivity contribution in [2.75, 3.05) is 10.6 Å². The van der Waals surface area contributed by atoms with E-state index in [1.165, 1.54) is 10.6 Å². The molecule has 0 fully saturated rings. The van der Waals surface area contributed by atoms with Crippen LogP contribution in [-0.4, -0.2) is 30.4 Å². The molecule has 0 atom stereocenters. The number of nitrogens with two attached hydrogens (primary N) is 1. The molecule has 1 heterocycles. The molecule has 27 heavy (non-hydrogen) atoms. The number of hydrazine groups is 1. The fourth-order valence-corrected chi connectivity index (χ4v) is 3.87. The second kappa shape index (κ2) is 7.01. The van der Waals surface area contributed by atoms with Crippen LogP contribution in [0.2, 0.25) is 0 Å². The van der Waals surface area contributed by atoms with Gasteiger partial charge in [-0.15, -0.1) is 0 Å². The van der Waals surface area contributed by atoms with Gasteiger partial charge in [-0.1, -0.05) is 12.1 Å². The third-order valence-corrected chi connectivity index (χ3v) is 5.52. The number of anilines is 1. The average Bonchev–Trinajstić information content (AvgIpc) is 2.92. The van der Waals surface area contributed by atoms with Gasteiger partial charge in [0.2, 0.25) is 10.0 Å². The molecular weight excluding hydrogens is 366 g/mol. The lowest BCUT2D eigenvalue weighted by Gasteiger charge is -2.23. The Labute approximate surface area is 157 Å². The lowest BCUT2D eigenvalue weighted by Crippen LogP contribution is -2.30. The maximum Gasteiger partial charge on any atom is 0.265 e. The summed E-state index contributed by atoms with van der Waals surface area (Å²) in [5.41, 5.74) is 5.54. The van der Waals surface area contributed by atoms with Crippen LogP contribution in [0.25, 0.3) is 10.9 Å². The van der Waals surface area contributed by atoms with E-state index in [0.29, 0.717) is 11.3 Å². The minimum Gasteiger partial charge on any atom is -0.290 e. The Morgan fingerprint density at radius 3 is 2.48 bits per heavy atom. The summed E-state index contributed by atoms with van der Waals surface area (Å²) in [7, 11) is -1.67. The first-order chi connectivity index (χ1) is 12.7. The number of aryl methyl sites for hydroxylation is 2. The van der Waals surface area contributed by atoms with Crippen molar-refractivity contribution in [3.05, 3.63) is 59.3 Å². The molecule has 0 radical (unpaired) electrons. The Kier molecular flexibility index (Phi) is 4.90. The standard InChI is InChI=1S/C18H21N5O3S/c1-12-16-10-15(8-9-17(16)22(2)21-12)23(27(3,25)26)11-13-4-6-14(7-5-13)18(24)20-19/h4-10H,11,19H2,1-3H3,(H,20,24). The van der Waals surface area contributed by atoms with Gasteiger partial charge >= 0.3 is 0 Å². The Hall–Kier alpha value is -2.91. The van der Waals surface area contributed by atoms with E-state index in [1.54, 1.807) is 35.0 Å². The molecule has 3 aromatic rings. The van der Waals surface area contributed by atoms with E-state index in [9.17, 15) is 13.2 Å². The molecule has 1 aromatic heterocycles. The number of hydrogen-bond donors (Lipinski definition) is 2. The first-order valence-corrected chi connectivity index (χ1v) is 10.1. The van der Waals surface area contributed by atoms with E-state index < -0.39 is 15.9 Å². The van der Waals surface area contributed by atoms with Crippen LogP contribution in [0.5, 0.6) is 0 Å². The van der Waals surface area contributed by atoms with E-state index in [1.807, 2.05) is 26.1 Å². The third kappa shape index (κ3) is 3.79. The van der Waals surface area contributed by atoms with E-state index in [0.717, 1.165) is 22.2 Å². The second-order valence-electron chi connectivity index (χ2n) is 6.35. The number of aromatic nitrogens is 2. The number of nitrogens with one attached hydrogen (secondary N) is 1. The Morgan fingerprint density at radius 2 is 1.89 bits per heavy atom. The number of rotatable bonds is 5. The average molecular weight is 387 g/mol. The van der Waals surface area contributed by atoms with Crippen molar-refractivity contribution in [3.8, 4) is 0 Å².